The molecule has 1 aliphatic rings. The van der Waals surface area contributed by atoms with Crippen LogP contribution in [0.5, 0.6) is 0 Å². The zero-order valence-corrected chi connectivity index (χ0v) is 15.0. The van der Waals surface area contributed by atoms with Crippen molar-refractivity contribution < 1.29 is 13.9 Å². The van der Waals surface area contributed by atoms with Gasteiger partial charge in [-0.1, -0.05) is 13.0 Å². The minimum atomic E-state index is -0.352. The fraction of sp³-hybridized carbons (Fsp3) is 0.421. The molecule has 0 unspecified atom stereocenters. The number of methoxy groups -OCH3 is 1. The predicted octanol–water partition coefficient (Wildman–Crippen LogP) is 3.05. The normalized spacial score (nSPS) is 15.0. The summed E-state index contributed by atoms with van der Waals surface area (Å²) in [6.45, 7) is 3.31. The van der Waals surface area contributed by atoms with Crippen molar-refractivity contribution in [3.05, 3.63) is 47.7 Å². The van der Waals surface area contributed by atoms with E-state index in [2.05, 4.69) is 15.3 Å². The van der Waals surface area contributed by atoms with Gasteiger partial charge in [-0.3, -0.25) is 0 Å². The maximum absolute atomic E-state index is 14.4. The van der Waals surface area contributed by atoms with Crippen LogP contribution in [-0.2, 0) is 11.2 Å². The average molecular weight is 358 g/mol. The van der Waals surface area contributed by atoms with Gasteiger partial charge in [-0.05, 0) is 37.5 Å². The first kappa shape index (κ1) is 18.1. The number of hydrogen-bond acceptors (Lipinski definition) is 6. The van der Waals surface area contributed by atoms with Crippen molar-refractivity contribution in [3.63, 3.8) is 0 Å². The molecule has 2 heterocycles. The van der Waals surface area contributed by atoms with Crippen molar-refractivity contribution in [1.29, 1.82) is 0 Å². The summed E-state index contributed by atoms with van der Waals surface area (Å²) in [4.78, 5) is 21.7. The Balaban J connectivity index is 1.62. The summed E-state index contributed by atoms with van der Waals surface area (Å²) in [5, 5.41) is 3.45. The number of carbonyl (C=O) groups excluding carboxylic acids is 1. The second-order valence-electron chi connectivity index (χ2n) is 6.29. The Bertz CT molecular complexity index is 776. The second-order valence-corrected chi connectivity index (χ2v) is 6.29. The third-order valence-corrected chi connectivity index (χ3v) is 4.63. The van der Waals surface area contributed by atoms with Gasteiger partial charge in [-0.2, -0.15) is 0 Å². The number of halogens is 1. The Kier molecular flexibility index (Phi) is 5.65. The molecule has 138 valence electrons. The summed E-state index contributed by atoms with van der Waals surface area (Å²) in [5.41, 5.74) is 1.85. The smallest absolute Gasteiger partial charge is 0.337 e. The lowest BCUT2D eigenvalue weighted by molar-refractivity contribution is 0.0601. The van der Waals surface area contributed by atoms with E-state index < -0.39 is 0 Å². The minimum Gasteiger partial charge on any atom is -0.465 e. The van der Waals surface area contributed by atoms with Gasteiger partial charge in [0.2, 0.25) is 0 Å². The van der Waals surface area contributed by atoms with Crippen LogP contribution in [0, 0.1) is 5.82 Å². The number of piperidine rings is 1. The summed E-state index contributed by atoms with van der Waals surface area (Å²) in [5.74, 6) is -0.274. The van der Waals surface area contributed by atoms with Gasteiger partial charge in [0, 0.05) is 24.8 Å². The molecule has 7 heteroatoms. The van der Waals surface area contributed by atoms with Crippen LogP contribution in [-0.4, -0.2) is 42.2 Å². The molecule has 1 aliphatic heterocycles. The van der Waals surface area contributed by atoms with E-state index in [-0.39, 0.29) is 17.8 Å². The minimum absolute atomic E-state index is 0.259. The first-order valence-corrected chi connectivity index (χ1v) is 8.81. The number of nitrogens with zero attached hydrogens (tertiary/aromatic N) is 3. The number of nitrogens with one attached hydrogen (secondary N) is 1. The van der Waals surface area contributed by atoms with Crippen LogP contribution in [0.1, 0.15) is 35.8 Å². The molecule has 0 spiro atoms. The van der Waals surface area contributed by atoms with E-state index in [0.29, 0.717) is 36.6 Å². The molecule has 0 radical (unpaired) electrons. The van der Waals surface area contributed by atoms with Crippen LogP contribution in [0.2, 0.25) is 0 Å². The van der Waals surface area contributed by atoms with Crippen molar-refractivity contribution in [3.8, 4) is 0 Å². The van der Waals surface area contributed by atoms with Gasteiger partial charge >= 0.3 is 5.97 Å². The maximum Gasteiger partial charge on any atom is 0.337 e. The van der Waals surface area contributed by atoms with Crippen LogP contribution < -0.4 is 10.2 Å². The molecule has 3 rings (SSSR count). The Labute approximate surface area is 152 Å². The number of aromatic nitrogens is 2. The molecule has 6 nitrogen and oxygen atoms in total. The lowest BCUT2D eigenvalue weighted by Crippen LogP contribution is -2.40. The Hall–Kier alpha value is -2.70. The standard InChI is InChI=1S/C19H23FN4O2/c1-3-16-17(20)18(22-12-21-16)24-9-7-14(8-10-24)23-15-6-4-5-13(11-15)19(25)26-2/h4-6,11-12,14,23H,3,7-10H2,1-2H3. The Morgan fingerprint density at radius 3 is 2.81 bits per heavy atom. The Morgan fingerprint density at radius 1 is 1.35 bits per heavy atom. The van der Waals surface area contributed by atoms with Crippen LogP contribution in [0.4, 0.5) is 15.9 Å². The van der Waals surface area contributed by atoms with Crippen molar-refractivity contribution in [1.82, 2.24) is 9.97 Å². The number of benzene rings is 1. The Morgan fingerprint density at radius 2 is 2.12 bits per heavy atom. The zero-order valence-electron chi connectivity index (χ0n) is 15.0. The number of ether oxygens (including phenoxy) is 1. The highest BCUT2D eigenvalue weighted by Crippen LogP contribution is 2.24. The molecule has 2 aromatic rings. The van der Waals surface area contributed by atoms with E-state index in [1.54, 1.807) is 12.1 Å². The third kappa shape index (κ3) is 3.92. The summed E-state index contributed by atoms with van der Waals surface area (Å²) in [6.07, 6.45) is 3.69. The lowest BCUT2D eigenvalue weighted by atomic mass is 10.0. The lowest BCUT2D eigenvalue weighted by Gasteiger charge is -2.33. The highest BCUT2D eigenvalue weighted by atomic mass is 19.1. The molecule has 1 N–H and O–H groups in total. The average Bonchev–Trinajstić information content (AvgIpc) is 2.68. The van der Waals surface area contributed by atoms with Crippen molar-refractivity contribution in [2.24, 2.45) is 0 Å². The summed E-state index contributed by atoms with van der Waals surface area (Å²) in [7, 11) is 1.37. The number of carbonyl (C=O) groups is 1. The molecule has 0 aliphatic carbocycles. The largest absolute Gasteiger partial charge is 0.465 e. The van der Waals surface area contributed by atoms with E-state index in [1.165, 1.54) is 13.4 Å². The molecule has 1 aromatic carbocycles. The highest BCUT2D eigenvalue weighted by Gasteiger charge is 2.23. The highest BCUT2D eigenvalue weighted by molar-refractivity contribution is 5.90. The number of aryl methyl sites for hydroxylation is 1. The third-order valence-electron chi connectivity index (χ3n) is 4.63. The molecular weight excluding hydrogens is 335 g/mol. The van der Waals surface area contributed by atoms with Crippen LogP contribution in [0.15, 0.2) is 30.6 Å². The summed E-state index contributed by atoms with van der Waals surface area (Å²) < 4.78 is 19.2. The predicted molar refractivity (Wildman–Crippen MR) is 98.0 cm³/mol. The number of esters is 1. The summed E-state index contributed by atoms with van der Waals surface area (Å²) in [6, 6.07) is 7.52. The second kappa shape index (κ2) is 8.12. The zero-order chi connectivity index (χ0) is 18.5. The van der Waals surface area contributed by atoms with Crippen LogP contribution in [0.3, 0.4) is 0 Å². The van der Waals surface area contributed by atoms with Gasteiger partial charge in [0.1, 0.15) is 6.33 Å². The molecule has 1 aromatic heterocycles. The molecule has 0 bridgehead atoms. The maximum atomic E-state index is 14.4. The van der Waals surface area contributed by atoms with Gasteiger partial charge in [-0.15, -0.1) is 0 Å². The number of hydrogen-bond donors (Lipinski definition) is 1. The molecule has 26 heavy (non-hydrogen) atoms. The van der Waals surface area contributed by atoms with Gasteiger partial charge < -0.3 is 15.0 Å². The van der Waals surface area contributed by atoms with Crippen molar-refractivity contribution >= 4 is 17.5 Å². The topological polar surface area (TPSA) is 67.4 Å². The molecular formula is C19H23FN4O2. The van der Waals surface area contributed by atoms with E-state index in [9.17, 15) is 9.18 Å². The van der Waals surface area contributed by atoms with E-state index in [0.717, 1.165) is 18.5 Å². The number of anilines is 2. The fourth-order valence-electron chi connectivity index (χ4n) is 3.19. The molecule has 0 atom stereocenters. The van der Waals surface area contributed by atoms with Crippen LogP contribution in [0.25, 0.3) is 0 Å². The fourth-order valence-corrected chi connectivity index (χ4v) is 3.19. The first-order valence-electron chi connectivity index (χ1n) is 8.81. The molecule has 0 amide bonds. The molecule has 1 fully saturated rings. The van der Waals surface area contributed by atoms with Gasteiger partial charge in [0.15, 0.2) is 11.6 Å². The molecule has 1 saturated heterocycles. The molecule has 0 saturated carbocycles. The van der Waals surface area contributed by atoms with Crippen molar-refractivity contribution in [2.45, 2.75) is 32.2 Å². The van der Waals surface area contributed by atoms with E-state index in [1.807, 2.05) is 24.0 Å². The summed E-state index contributed by atoms with van der Waals surface area (Å²) >= 11 is 0. The monoisotopic (exact) mass is 358 g/mol. The van der Waals surface area contributed by atoms with Crippen LogP contribution >= 0.6 is 0 Å². The van der Waals surface area contributed by atoms with E-state index >= 15 is 0 Å². The first-order chi connectivity index (χ1) is 12.6. The number of rotatable bonds is 5. The quantitative estimate of drug-likeness (QED) is 0.829. The van der Waals surface area contributed by atoms with Gasteiger partial charge in [-0.25, -0.2) is 19.2 Å². The van der Waals surface area contributed by atoms with Gasteiger partial charge in [0.05, 0.1) is 18.4 Å². The van der Waals surface area contributed by atoms with Gasteiger partial charge in [0.25, 0.3) is 0 Å². The van der Waals surface area contributed by atoms with Crippen molar-refractivity contribution in [2.75, 3.05) is 30.4 Å². The van der Waals surface area contributed by atoms with E-state index in [4.69, 9.17) is 4.74 Å². The SMILES string of the molecule is CCc1ncnc(N2CCC(Nc3cccc(C(=O)OC)c3)CC2)c1F.